The highest BCUT2D eigenvalue weighted by atomic mass is 16.2. The molecule has 1 N–H and O–H groups in total. The van der Waals surface area contributed by atoms with Gasteiger partial charge in [-0.05, 0) is 49.8 Å². The van der Waals surface area contributed by atoms with Crippen LogP contribution in [0.2, 0.25) is 0 Å². The summed E-state index contributed by atoms with van der Waals surface area (Å²) in [6.45, 7) is 4.34. The minimum Gasteiger partial charge on any atom is -0.392 e. The summed E-state index contributed by atoms with van der Waals surface area (Å²) in [6.07, 6.45) is 7.11. The number of aliphatic hydroxyl groups is 1. The number of benzene rings is 2. The molecule has 0 unspecified atom stereocenters. The Kier molecular flexibility index (Phi) is 6.83. The summed E-state index contributed by atoms with van der Waals surface area (Å²) in [4.78, 5) is 0. The van der Waals surface area contributed by atoms with Gasteiger partial charge >= 0.3 is 0 Å². The van der Waals surface area contributed by atoms with E-state index in [1.807, 2.05) is 12.1 Å². The van der Waals surface area contributed by atoms with Crippen LogP contribution in [-0.4, -0.2) is 11.7 Å². The van der Waals surface area contributed by atoms with Gasteiger partial charge in [0.1, 0.15) is 0 Å². The molecule has 0 aromatic heterocycles. The van der Waals surface area contributed by atoms with E-state index in [9.17, 15) is 0 Å². The molecule has 2 aromatic carbocycles. The van der Waals surface area contributed by atoms with Crippen LogP contribution in [0.15, 0.2) is 77.9 Å². The van der Waals surface area contributed by atoms with E-state index in [0.29, 0.717) is 0 Å². The first-order valence-electron chi connectivity index (χ1n) is 8.25. The molecule has 120 valence electrons. The number of allylic oxidation sites excluding steroid dienone is 3. The van der Waals surface area contributed by atoms with Crippen molar-refractivity contribution in [2.75, 3.05) is 6.61 Å². The van der Waals surface area contributed by atoms with Crippen LogP contribution in [0.25, 0.3) is 11.1 Å². The molecule has 0 saturated carbocycles. The smallest absolute Gasteiger partial charge is 0.0615 e. The Morgan fingerprint density at radius 3 is 2.13 bits per heavy atom. The van der Waals surface area contributed by atoms with Gasteiger partial charge in [0.25, 0.3) is 0 Å². The molecule has 0 atom stereocenters. The third-order valence-corrected chi connectivity index (χ3v) is 3.95. The molecular formula is C22H26O. The van der Waals surface area contributed by atoms with Gasteiger partial charge in [0, 0.05) is 0 Å². The molecule has 0 bridgehead atoms. The highest BCUT2D eigenvalue weighted by molar-refractivity contribution is 5.63. The Morgan fingerprint density at radius 1 is 0.870 bits per heavy atom. The van der Waals surface area contributed by atoms with Crippen molar-refractivity contribution in [3.8, 4) is 11.1 Å². The van der Waals surface area contributed by atoms with Crippen molar-refractivity contribution in [2.24, 2.45) is 0 Å². The number of aliphatic hydroxyl groups excluding tert-OH is 1. The largest absolute Gasteiger partial charge is 0.392 e. The third kappa shape index (κ3) is 5.88. The van der Waals surface area contributed by atoms with E-state index in [2.05, 4.69) is 68.5 Å². The zero-order chi connectivity index (χ0) is 16.5. The molecule has 0 aliphatic carbocycles. The molecule has 0 amide bonds. The fourth-order valence-corrected chi connectivity index (χ4v) is 2.55. The summed E-state index contributed by atoms with van der Waals surface area (Å²) in [5.74, 6) is 0. The lowest BCUT2D eigenvalue weighted by molar-refractivity contribution is 0.341. The Balaban J connectivity index is 1.97. The van der Waals surface area contributed by atoms with Gasteiger partial charge in [-0.25, -0.2) is 0 Å². The minimum absolute atomic E-state index is 0.124. The third-order valence-electron chi connectivity index (χ3n) is 3.95. The second kappa shape index (κ2) is 9.12. The van der Waals surface area contributed by atoms with Crippen molar-refractivity contribution < 1.29 is 5.11 Å². The second-order valence-corrected chi connectivity index (χ2v) is 6.09. The lowest BCUT2D eigenvalue weighted by Crippen LogP contribution is -1.91. The van der Waals surface area contributed by atoms with E-state index in [-0.39, 0.29) is 6.61 Å². The normalized spacial score (nSPS) is 11.3. The molecule has 23 heavy (non-hydrogen) atoms. The van der Waals surface area contributed by atoms with Crippen LogP contribution in [0.4, 0.5) is 0 Å². The average molecular weight is 306 g/mol. The van der Waals surface area contributed by atoms with Crippen LogP contribution in [0, 0.1) is 0 Å². The molecule has 0 radical (unpaired) electrons. The summed E-state index contributed by atoms with van der Waals surface area (Å²) in [6, 6.07) is 19.2. The van der Waals surface area contributed by atoms with Crippen molar-refractivity contribution in [2.45, 2.75) is 33.1 Å². The average Bonchev–Trinajstić information content (AvgIpc) is 2.58. The first-order chi connectivity index (χ1) is 11.2. The monoisotopic (exact) mass is 306 g/mol. The van der Waals surface area contributed by atoms with Gasteiger partial charge in [-0.15, -0.1) is 0 Å². The van der Waals surface area contributed by atoms with Crippen LogP contribution >= 0.6 is 0 Å². The maximum absolute atomic E-state index is 9.16. The van der Waals surface area contributed by atoms with Crippen molar-refractivity contribution in [3.63, 3.8) is 0 Å². The predicted molar refractivity (Wildman–Crippen MR) is 99.4 cm³/mol. The molecule has 1 nitrogen and oxygen atoms in total. The van der Waals surface area contributed by atoms with Crippen LogP contribution in [0.1, 0.15) is 32.3 Å². The van der Waals surface area contributed by atoms with Crippen LogP contribution in [0.3, 0.4) is 0 Å². The first-order valence-corrected chi connectivity index (χ1v) is 8.25. The summed E-state index contributed by atoms with van der Waals surface area (Å²) in [5.41, 5.74) is 6.47. The zero-order valence-corrected chi connectivity index (χ0v) is 14.1. The Morgan fingerprint density at radius 2 is 1.52 bits per heavy atom. The molecule has 0 aliphatic rings. The molecule has 0 aliphatic heterocycles. The Bertz CT molecular complexity index is 644. The quantitative estimate of drug-likeness (QED) is 0.664. The van der Waals surface area contributed by atoms with E-state index in [4.69, 9.17) is 5.11 Å². The number of hydrogen-bond donors (Lipinski definition) is 1. The molecule has 0 saturated heterocycles. The fourth-order valence-electron chi connectivity index (χ4n) is 2.55. The van der Waals surface area contributed by atoms with E-state index < -0.39 is 0 Å². The van der Waals surface area contributed by atoms with E-state index in [1.165, 1.54) is 27.8 Å². The first kappa shape index (κ1) is 17.2. The van der Waals surface area contributed by atoms with Gasteiger partial charge < -0.3 is 5.11 Å². The summed E-state index contributed by atoms with van der Waals surface area (Å²) >= 11 is 0. The van der Waals surface area contributed by atoms with Crippen molar-refractivity contribution >= 4 is 0 Å². The predicted octanol–water partition coefficient (Wildman–Crippen LogP) is 5.56. The molecule has 0 spiro atoms. The van der Waals surface area contributed by atoms with Crippen LogP contribution in [-0.2, 0) is 6.42 Å². The maximum Gasteiger partial charge on any atom is 0.0615 e. The highest BCUT2D eigenvalue weighted by Crippen LogP contribution is 2.21. The number of hydrogen-bond acceptors (Lipinski definition) is 1. The zero-order valence-electron chi connectivity index (χ0n) is 14.1. The second-order valence-electron chi connectivity index (χ2n) is 6.09. The highest BCUT2D eigenvalue weighted by Gasteiger charge is 2.00. The van der Waals surface area contributed by atoms with Gasteiger partial charge in [-0.1, -0.05) is 77.9 Å². The van der Waals surface area contributed by atoms with Gasteiger partial charge in [0.2, 0.25) is 0 Å². The summed E-state index contributed by atoms with van der Waals surface area (Å²) in [5, 5.41) is 9.16. The molecule has 2 rings (SSSR count). The number of aryl methyl sites for hydroxylation is 1. The molecule has 0 fully saturated rings. The minimum atomic E-state index is 0.124. The number of rotatable bonds is 7. The van der Waals surface area contributed by atoms with E-state index in [1.54, 1.807) is 0 Å². The molecular weight excluding hydrogens is 280 g/mol. The Hall–Kier alpha value is -2.12. The molecule has 2 aromatic rings. The van der Waals surface area contributed by atoms with Crippen molar-refractivity contribution in [3.05, 3.63) is 83.5 Å². The van der Waals surface area contributed by atoms with Crippen LogP contribution in [0.5, 0.6) is 0 Å². The van der Waals surface area contributed by atoms with Crippen LogP contribution < -0.4 is 0 Å². The lowest BCUT2D eigenvalue weighted by atomic mass is 9.99. The molecule has 1 heteroatoms. The maximum atomic E-state index is 9.16. The van der Waals surface area contributed by atoms with Crippen molar-refractivity contribution in [1.82, 2.24) is 0 Å². The summed E-state index contributed by atoms with van der Waals surface area (Å²) < 4.78 is 0. The van der Waals surface area contributed by atoms with E-state index >= 15 is 0 Å². The SMILES string of the molecule is CC(C)=CC/C(=C\CO)CCc1ccc(-c2ccccc2)cc1. The van der Waals surface area contributed by atoms with Gasteiger partial charge in [0.15, 0.2) is 0 Å². The van der Waals surface area contributed by atoms with Gasteiger partial charge in [-0.3, -0.25) is 0 Å². The van der Waals surface area contributed by atoms with E-state index in [0.717, 1.165) is 19.3 Å². The fraction of sp³-hybridized carbons (Fsp3) is 0.273. The Labute approximate surface area is 140 Å². The lowest BCUT2D eigenvalue weighted by Gasteiger charge is -2.07. The van der Waals surface area contributed by atoms with Gasteiger partial charge in [-0.2, -0.15) is 0 Å². The van der Waals surface area contributed by atoms with Gasteiger partial charge in [0.05, 0.1) is 6.61 Å². The topological polar surface area (TPSA) is 20.2 Å². The summed E-state index contributed by atoms with van der Waals surface area (Å²) in [7, 11) is 0. The standard InChI is InChI=1S/C22H26O/c1-18(2)8-9-20(16-17-23)11-10-19-12-14-22(15-13-19)21-6-4-3-5-7-21/h3-8,12-16,23H,9-11,17H2,1-2H3/b20-16+. The molecule has 0 heterocycles. The van der Waals surface area contributed by atoms with Crippen molar-refractivity contribution in [1.29, 1.82) is 0 Å².